The molecule has 0 radical (unpaired) electrons. The largest absolute Gasteiger partial charge is 0.338 e. The Kier molecular flexibility index (Phi) is 5.49. The van der Waals surface area contributed by atoms with Crippen LogP contribution in [0.1, 0.15) is 0 Å². The Bertz CT molecular complexity index is 456. The van der Waals surface area contributed by atoms with Gasteiger partial charge in [-0.15, -0.1) is 6.58 Å². The zero-order valence-corrected chi connectivity index (χ0v) is 12.8. The summed E-state index contributed by atoms with van der Waals surface area (Å²) in [7, 11) is 0. The molecule has 0 spiro atoms. The number of nitrogens with one attached hydrogen (secondary N) is 1. The molecule has 1 N–H and O–H groups in total. The number of hydrogen-bond donors (Lipinski definition) is 1. The van der Waals surface area contributed by atoms with Crippen LogP contribution >= 0.6 is 15.9 Å². The fourth-order valence-corrected chi connectivity index (χ4v) is 2.22. The highest BCUT2D eigenvalue weighted by molar-refractivity contribution is 9.10. The van der Waals surface area contributed by atoms with Gasteiger partial charge in [-0.3, -0.25) is 4.79 Å². The summed E-state index contributed by atoms with van der Waals surface area (Å²) in [6.45, 7) is 7.54. The summed E-state index contributed by atoms with van der Waals surface area (Å²) in [5, 5.41) is 3.03. The lowest BCUT2D eigenvalue weighted by Crippen LogP contribution is -2.51. The summed E-state index contributed by atoms with van der Waals surface area (Å²) in [6, 6.07) is 0. The van der Waals surface area contributed by atoms with Crippen molar-refractivity contribution < 1.29 is 4.79 Å². The van der Waals surface area contributed by atoms with Crippen molar-refractivity contribution in [2.24, 2.45) is 0 Å². The van der Waals surface area contributed by atoms with Crippen molar-refractivity contribution in [3.63, 3.8) is 0 Å². The average molecular weight is 340 g/mol. The maximum absolute atomic E-state index is 11.9. The van der Waals surface area contributed by atoms with E-state index in [2.05, 4.69) is 42.7 Å². The summed E-state index contributed by atoms with van der Waals surface area (Å²) >= 11 is 3.32. The van der Waals surface area contributed by atoms with Gasteiger partial charge >= 0.3 is 0 Å². The van der Waals surface area contributed by atoms with Gasteiger partial charge in [0.1, 0.15) is 0 Å². The Labute approximate surface area is 127 Å². The molecule has 1 aromatic rings. The summed E-state index contributed by atoms with van der Waals surface area (Å²) < 4.78 is 0.864. The van der Waals surface area contributed by atoms with Crippen molar-refractivity contribution in [2.75, 3.05) is 44.2 Å². The molecule has 2 heterocycles. The SMILES string of the molecule is C=CCNCC(=O)N1CCN(c2ncc(Br)cn2)CC1. The van der Waals surface area contributed by atoms with Crippen LogP contribution in [0.5, 0.6) is 0 Å². The van der Waals surface area contributed by atoms with Gasteiger partial charge in [0.15, 0.2) is 0 Å². The molecule has 1 saturated heterocycles. The van der Waals surface area contributed by atoms with E-state index in [1.807, 2.05) is 4.90 Å². The van der Waals surface area contributed by atoms with E-state index in [9.17, 15) is 4.79 Å². The highest BCUT2D eigenvalue weighted by atomic mass is 79.9. The fourth-order valence-electron chi connectivity index (χ4n) is 2.02. The van der Waals surface area contributed by atoms with Gasteiger partial charge < -0.3 is 15.1 Å². The van der Waals surface area contributed by atoms with Gasteiger partial charge in [-0.2, -0.15) is 0 Å². The minimum atomic E-state index is 0.128. The second-order valence-corrected chi connectivity index (χ2v) is 5.40. The molecule has 108 valence electrons. The molecular formula is C13H18BrN5O. The van der Waals surface area contributed by atoms with Crippen LogP contribution in [0.3, 0.4) is 0 Å². The lowest BCUT2D eigenvalue weighted by atomic mass is 10.3. The number of rotatable bonds is 5. The van der Waals surface area contributed by atoms with E-state index in [1.54, 1.807) is 18.5 Å². The third-order valence-electron chi connectivity index (χ3n) is 3.09. The number of nitrogens with zero attached hydrogens (tertiary/aromatic N) is 4. The first-order chi connectivity index (χ1) is 9.70. The van der Waals surface area contributed by atoms with Gasteiger partial charge in [0.25, 0.3) is 0 Å². The molecule has 0 aromatic carbocycles. The summed E-state index contributed by atoms with van der Waals surface area (Å²) in [6.07, 6.45) is 5.22. The maximum Gasteiger partial charge on any atom is 0.236 e. The van der Waals surface area contributed by atoms with Gasteiger partial charge in [-0.05, 0) is 15.9 Å². The third kappa shape index (κ3) is 4.01. The second kappa shape index (κ2) is 7.35. The Morgan fingerprint density at radius 2 is 2.00 bits per heavy atom. The van der Waals surface area contributed by atoms with E-state index in [0.29, 0.717) is 32.1 Å². The first-order valence-electron chi connectivity index (χ1n) is 6.52. The van der Waals surface area contributed by atoms with Crippen molar-refractivity contribution in [1.82, 2.24) is 20.2 Å². The molecule has 1 fully saturated rings. The van der Waals surface area contributed by atoms with Crippen LogP contribution < -0.4 is 10.2 Å². The molecule has 1 aliphatic heterocycles. The molecule has 1 amide bonds. The predicted molar refractivity (Wildman–Crippen MR) is 81.6 cm³/mol. The first kappa shape index (κ1) is 14.9. The van der Waals surface area contributed by atoms with Crippen LogP contribution in [0.25, 0.3) is 0 Å². The van der Waals surface area contributed by atoms with Gasteiger partial charge in [0.2, 0.25) is 11.9 Å². The monoisotopic (exact) mass is 339 g/mol. The summed E-state index contributed by atoms with van der Waals surface area (Å²) in [5.41, 5.74) is 0. The molecule has 2 rings (SSSR count). The average Bonchev–Trinajstić information content (AvgIpc) is 2.48. The van der Waals surface area contributed by atoms with Crippen LogP contribution in [-0.2, 0) is 4.79 Å². The molecule has 0 aliphatic carbocycles. The molecule has 7 heteroatoms. The molecule has 0 atom stereocenters. The normalized spacial score (nSPS) is 15.2. The number of anilines is 1. The number of aromatic nitrogens is 2. The Hall–Kier alpha value is -1.47. The Morgan fingerprint density at radius 3 is 2.60 bits per heavy atom. The quantitative estimate of drug-likeness (QED) is 0.630. The topological polar surface area (TPSA) is 61.4 Å². The predicted octanol–water partition coefficient (Wildman–Crippen LogP) is 0.663. The van der Waals surface area contributed by atoms with E-state index in [0.717, 1.165) is 17.6 Å². The molecule has 1 aliphatic rings. The number of halogens is 1. The standard InChI is InChI=1S/C13H18BrN5O/c1-2-3-15-10-12(20)18-4-6-19(7-5-18)13-16-8-11(14)9-17-13/h2,8-9,15H,1,3-7,10H2. The number of amides is 1. The van der Waals surface area contributed by atoms with Crippen molar-refractivity contribution in [2.45, 2.75) is 0 Å². The number of carbonyl (C=O) groups is 1. The lowest BCUT2D eigenvalue weighted by Gasteiger charge is -2.34. The van der Waals surface area contributed by atoms with Crippen LogP contribution in [-0.4, -0.2) is 60.0 Å². The molecule has 0 unspecified atom stereocenters. The first-order valence-corrected chi connectivity index (χ1v) is 7.32. The fraction of sp³-hybridized carbons (Fsp3) is 0.462. The smallest absolute Gasteiger partial charge is 0.236 e. The number of piperazine rings is 1. The van der Waals surface area contributed by atoms with Crippen molar-refractivity contribution in [1.29, 1.82) is 0 Å². The van der Waals surface area contributed by atoms with Gasteiger partial charge in [-0.1, -0.05) is 6.08 Å². The molecule has 1 aromatic heterocycles. The Morgan fingerprint density at radius 1 is 1.35 bits per heavy atom. The van der Waals surface area contributed by atoms with Crippen molar-refractivity contribution in [3.05, 3.63) is 29.5 Å². The van der Waals surface area contributed by atoms with E-state index < -0.39 is 0 Å². The van der Waals surface area contributed by atoms with Gasteiger partial charge in [-0.25, -0.2) is 9.97 Å². The highest BCUT2D eigenvalue weighted by Gasteiger charge is 2.21. The zero-order valence-electron chi connectivity index (χ0n) is 11.3. The van der Waals surface area contributed by atoms with Crippen molar-refractivity contribution >= 4 is 27.8 Å². The van der Waals surface area contributed by atoms with E-state index >= 15 is 0 Å². The minimum absolute atomic E-state index is 0.128. The van der Waals surface area contributed by atoms with E-state index in [1.165, 1.54) is 0 Å². The van der Waals surface area contributed by atoms with E-state index in [-0.39, 0.29) is 5.91 Å². The molecule has 20 heavy (non-hydrogen) atoms. The van der Waals surface area contributed by atoms with Crippen LogP contribution in [0, 0.1) is 0 Å². The summed E-state index contributed by atoms with van der Waals surface area (Å²) in [4.78, 5) is 24.4. The highest BCUT2D eigenvalue weighted by Crippen LogP contribution is 2.13. The van der Waals surface area contributed by atoms with Crippen molar-refractivity contribution in [3.8, 4) is 0 Å². The zero-order chi connectivity index (χ0) is 14.4. The molecule has 0 saturated carbocycles. The van der Waals surface area contributed by atoms with Crippen LogP contribution in [0.2, 0.25) is 0 Å². The number of carbonyl (C=O) groups excluding carboxylic acids is 1. The maximum atomic E-state index is 11.9. The van der Waals surface area contributed by atoms with Gasteiger partial charge in [0, 0.05) is 45.1 Å². The van der Waals surface area contributed by atoms with Crippen LogP contribution in [0.15, 0.2) is 29.5 Å². The Balaban J connectivity index is 1.81. The molecule has 0 bridgehead atoms. The second-order valence-electron chi connectivity index (χ2n) is 4.49. The summed E-state index contributed by atoms with van der Waals surface area (Å²) in [5.74, 6) is 0.841. The van der Waals surface area contributed by atoms with E-state index in [4.69, 9.17) is 0 Å². The van der Waals surface area contributed by atoms with Gasteiger partial charge in [0.05, 0.1) is 11.0 Å². The molecule has 6 nitrogen and oxygen atoms in total. The number of hydrogen-bond acceptors (Lipinski definition) is 5. The van der Waals surface area contributed by atoms with Crippen LogP contribution in [0.4, 0.5) is 5.95 Å². The minimum Gasteiger partial charge on any atom is -0.338 e. The third-order valence-corrected chi connectivity index (χ3v) is 3.50. The lowest BCUT2D eigenvalue weighted by molar-refractivity contribution is -0.130. The molecular weight excluding hydrogens is 322 g/mol.